The molecule has 0 heterocycles. The Kier molecular flexibility index (Phi) is 4.57. The van der Waals surface area contributed by atoms with Gasteiger partial charge >= 0.3 is 0 Å². The van der Waals surface area contributed by atoms with Gasteiger partial charge in [0, 0.05) is 24.7 Å². The Bertz CT molecular complexity index is 526. The largest absolute Gasteiger partial charge is 0.355 e. The molecule has 0 fully saturated rings. The molecule has 1 rings (SSSR count). The molecule has 0 aromatic heterocycles. The predicted octanol–water partition coefficient (Wildman–Crippen LogP) is 1.09. The van der Waals surface area contributed by atoms with Crippen LogP contribution in [0.5, 0.6) is 0 Å². The zero-order chi connectivity index (χ0) is 14.6. The zero-order valence-electron chi connectivity index (χ0n) is 10.9. The van der Waals surface area contributed by atoms with Crippen LogP contribution in [-0.2, 0) is 0 Å². The summed E-state index contributed by atoms with van der Waals surface area (Å²) >= 11 is 0. The van der Waals surface area contributed by atoms with Gasteiger partial charge in [-0.2, -0.15) is 0 Å². The molecule has 19 heavy (non-hydrogen) atoms. The molecule has 7 nitrogen and oxygen atoms in total. The molecule has 0 bridgehead atoms. The van der Waals surface area contributed by atoms with Crippen LogP contribution in [-0.4, -0.2) is 29.8 Å². The number of amides is 2. The average Bonchev–Trinajstić information content (AvgIpc) is 2.36. The van der Waals surface area contributed by atoms with Gasteiger partial charge in [-0.05, 0) is 26.0 Å². The summed E-state index contributed by atoms with van der Waals surface area (Å²) in [5.41, 5.74) is -0.257. The second-order valence-electron chi connectivity index (χ2n) is 4.20. The third kappa shape index (κ3) is 3.51. The van der Waals surface area contributed by atoms with Crippen LogP contribution in [0, 0.1) is 10.1 Å². The first-order chi connectivity index (χ1) is 8.86. The maximum absolute atomic E-state index is 11.9. The van der Waals surface area contributed by atoms with Gasteiger partial charge in [0.1, 0.15) is 5.56 Å². The van der Waals surface area contributed by atoms with Gasteiger partial charge in [0.2, 0.25) is 0 Å². The Balaban J connectivity index is 3.27. The summed E-state index contributed by atoms with van der Waals surface area (Å²) in [4.78, 5) is 33.6. The molecule has 7 heteroatoms. The average molecular weight is 265 g/mol. The normalized spacial score (nSPS) is 10.1. The molecule has 0 radical (unpaired) electrons. The summed E-state index contributed by atoms with van der Waals surface area (Å²) < 4.78 is 0. The van der Waals surface area contributed by atoms with Crippen molar-refractivity contribution >= 4 is 17.5 Å². The minimum atomic E-state index is -0.650. The van der Waals surface area contributed by atoms with E-state index in [2.05, 4.69) is 10.6 Å². The van der Waals surface area contributed by atoms with Crippen molar-refractivity contribution in [3.8, 4) is 0 Å². The summed E-state index contributed by atoms with van der Waals surface area (Å²) in [6, 6.07) is 3.52. The molecule has 1 aromatic carbocycles. The van der Waals surface area contributed by atoms with Crippen molar-refractivity contribution in [1.29, 1.82) is 0 Å². The number of nitrogens with zero attached hydrogens (tertiary/aromatic N) is 1. The zero-order valence-corrected chi connectivity index (χ0v) is 10.9. The maximum Gasteiger partial charge on any atom is 0.282 e. The Morgan fingerprint density at radius 3 is 2.37 bits per heavy atom. The van der Waals surface area contributed by atoms with Gasteiger partial charge < -0.3 is 10.6 Å². The fourth-order valence-electron chi connectivity index (χ4n) is 1.50. The van der Waals surface area contributed by atoms with E-state index in [0.29, 0.717) is 0 Å². The third-order valence-corrected chi connectivity index (χ3v) is 2.35. The highest BCUT2D eigenvalue weighted by Crippen LogP contribution is 2.20. The van der Waals surface area contributed by atoms with Crippen molar-refractivity contribution in [2.75, 3.05) is 7.05 Å². The van der Waals surface area contributed by atoms with Crippen molar-refractivity contribution in [2.45, 2.75) is 19.9 Å². The van der Waals surface area contributed by atoms with Crippen molar-refractivity contribution in [1.82, 2.24) is 10.6 Å². The van der Waals surface area contributed by atoms with Gasteiger partial charge in [-0.25, -0.2) is 0 Å². The first-order valence-corrected chi connectivity index (χ1v) is 5.68. The predicted molar refractivity (Wildman–Crippen MR) is 69.1 cm³/mol. The molecule has 0 aliphatic carbocycles. The summed E-state index contributed by atoms with van der Waals surface area (Å²) in [7, 11) is 1.44. The fraction of sp³-hybridized carbons (Fsp3) is 0.333. The molecule has 0 spiro atoms. The van der Waals surface area contributed by atoms with Gasteiger partial charge in [-0.15, -0.1) is 0 Å². The molecule has 0 aliphatic rings. The van der Waals surface area contributed by atoms with E-state index in [1.165, 1.54) is 19.2 Å². The van der Waals surface area contributed by atoms with Gasteiger partial charge in [-0.1, -0.05) is 0 Å². The van der Waals surface area contributed by atoms with Crippen LogP contribution in [0.3, 0.4) is 0 Å². The summed E-state index contributed by atoms with van der Waals surface area (Å²) in [6.45, 7) is 3.48. The topological polar surface area (TPSA) is 101 Å². The Hall–Kier alpha value is -2.44. The molecule has 102 valence electrons. The number of hydrogen-bond acceptors (Lipinski definition) is 4. The summed E-state index contributed by atoms with van der Waals surface area (Å²) in [6.07, 6.45) is 0. The number of benzene rings is 1. The minimum absolute atomic E-state index is 0.125. The number of rotatable bonds is 4. The molecule has 0 unspecified atom stereocenters. The molecule has 0 atom stereocenters. The second-order valence-corrected chi connectivity index (χ2v) is 4.20. The van der Waals surface area contributed by atoms with Crippen LogP contribution < -0.4 is 10.6 Å². The molecule has 2 amide bonds. The monoisotopic (exact) mass is 265 g/mol. The van der Waals surface area contributed by atoms with E-state index in [9.17, 15) is 19.7 Å². The number of nitrogens with one attached hydrogen (secondary N) is 2. The minimum Gasteiger partial charge on any atom is -0.355 e. The number of hydrogen-bond donors (Lipinski definition) is 2. The Labute approximate surface area is 110 Å². The molecule has 1 aromatic rings. The van der Waals surface area contributed by atoms with E-state index in [1.807, 2.05) is 0 Å². The van der Waals surface area contributed by atoms with E-state index < -0.39 is 16.7 Å². The highest BCUT2D eigenvalue weighted by molar-refractivity contribution is 6.02. The second kappa shape index (κ2) is 5.94. The molecule has 0 aliphatic heterocycles. The van der Waals surface area contributed by atoms with Crippen molar-refractivity contribution in [3.63, 3.8) is 0 Å². The van der Waals surface area contributed by atoms with Gasteiger partial charge in [0.05, 0.1) is 4.92 Å². The van der Waals surface area contributed by atoms with Crippen molar-refractivity contribution in [3.05, 3.63) is 39.4 Å². The molecular formula is C12H15N3O4. The lowest BCUT2D eigenvalue weighted by molar-refractivity contribution is -0.385. The van der Waals surface area contributed by atoms with Crippen LogP contribution in [0.15, 0.2) is 18.2 Å². The number of carbonyl (C=O) groups is 2. The Morgan fingerprint density at radius 2 is 1.89 bits per heavy atom. The number of nitro groups is 1. The Morgan fingerprint density at radius 1 is 1.26 bits per heavy atom. The summed E-state index contributed by atoms with van der Waals surface area (Å²) in [5, 5.41) is 15.8. The van der Waals surface area contributed by atoms with E-state index in [1.54, 1.807) is 13.8 Å². The van der Waals surface area contributed by atoms with Crippen LogP contribution in [0.25, 0.3) is 0 Å². The fourth-order valence-corrected chi connectivity index (χ4v) is 1.50. The first kappa shape index (κ1) is 14.6. The highest BCUT2D eigenvalue weighted by Gasteiger charge is 2.22. The molecule has 2 N–H and O–H groups in total. The first-order valence-electron chi connectivity index (χ1n) is 5.68. The van der Waals surface area contributed by atoms with Crippen LogP contribution >= 0.6 is 0 Å². The van der Waals surface area contributed by atoms with Crippen molar-refractivity contribution < 1.29 is 14.5 Å². The molecular weight excluding hydrogens is 250 g/mol. The smallest absolute Gasteiger partial charge is 0.282 e. The SMILES string of the molecule is CNC(=O)c1ccc([N+](=O)[O-])c(C(=O)NC(C)C)c1. The van der Waals surface area contributed by atoms with Crippen LogP contribution in [0.1, 0.15) is 34.6 Å². The molecule has 0 saturated heterocycles. The van der Waals surface area contributed by atoms with E-state index >= 15 is 0 Å². The van der Waals surface area contributed by atoms with E-state index in [4.69, 9.17) is 0 Å². The van der Waals surface area contributed by atoms with Gasteiger partial charge in [0.15, 0.2) is 0 Å². The maximum atomic E-state index is 11.9. The van der Waals surface area contributed by atoms with Crippen LogP contribution in [0.2, 0.25) is 0 Å². The molecule has 0 saturated carbocycles. The summed E-state index contributed by atoms with van der Waals surface area (Å²) in [5.74, 6) is -0.985. The van der Waals surface area contributed by atoms with Crippen molar-refractivity contribution in [2.24, 2.45) is 0 Å². The number of carbonyl (C=O) groups excluding carboxylic acids is 2. The van der Waals surface area contributed by atoms with E-state index in [0.717, 1.165) is 6.07 Å². The van der Waals surface area contributed by atoms with Gasteiger partial charge in [-0.3, -0.25) is 19.7 Å². The number of nitro benzene ring substituents is 1. The van der Waals surface area contributed by atoms with Gasteiger partial charge in [0.25, 0.3) is 17.5 Å². The highest BCUT2D eigenvalue weighted by atomic mass is 16.6. The lowest BCUT2D eigenvalue weighted by atomic mass is 10.1. The lowest BCUT2D eigenvalue weighted by Crippen LogP contribution is -2.31. The standard InChI is InChI=1S/C12H15N3O4/c1-7(2)14-12(17)9-6-8(11(16)13-3)4-5-10(9)15(18)19/h4-7H,1-3H3,(H,13,16)(H,14,17). The van der Waals surface area contributed by atoms with Crippen LogP contribution in [0.4, 0.5) is 5.69 Å². The quantitative estimate of drug-likeness (QED) is 0.628. The lowest BCUT2D eigenvalue weighted by Gasteiger charge is -2.09. The third-order valence-electron chi connectivity index (χ3n) is 2.35. The van der Waals surface area contributed by atoms with E-state index in [-0.39, 0.29) is 22.9 Å².